The van der Waals surface area contributed by atoms with Crippen LogP contribution in [0.2, 0.25) is 0 Å². The lowest BCUT2D eigenvalue weighted by Crippen LogP contribution is -2.23. The summed E-state index contributed by atoms with van der Waals surface area (Å²) in [5, 5.41) is 7.57. The molecule has 0 aliphatic rings. The molecule has 0 saturated heterocycles. The quantitative estimate of drug-likeness (QED) is 0.719. The van der Waals surface area contributed by atoms with Crippen molar-refractivity contribution in [2.24, 2.45) is 13.0 Å². The van der Waals surface area contributed by atoms with Crippen molar-refractivity contribution in [3.05, 3.63) is 11.9 Å². The van der Waals surface area contributed by atoms with E-state index >= 15 is 0 Å². The maximum absolute atomic E-state index is 5.23. The van der Waals surface area contributed by atoms with Crippen molar-refractivity contribution in [3.63, 3.8) is 0 Å². The van der Waals surface area contributed by atoms with E-state index in [1.54, 1.807) is 13.3 Å². The van der Waals surface area contributed by atoms with Crippen LogP contribution in [0, 0.1) is 5.92 Å². The fourth-order valence-corrected chi connectivity index (χ4v) is 1.50. The second-order valence-electron chi connectivity index (χ2n) is 4.13. The molecule has 4 nitrogen and oxygen atoms in total. The lowest BCUT2D eigenvalue weighted by molar-refractivity contribution is 0.407. The average molecular weight is 211 g/mol. The third kappa shape index (κ3) is 3.55. The monoisotopic (exact) mass is 211 g/mol. The first kappa shape index (κ1) is 12.0. The van der Waals surface area contributed by atoms with Crippen molar-refractivity contribution in [1.29, 1.82) is 0 Å². The van der Waals surface area contributed by atoms with E-state index in [4.69, 9.17) is 4.74 Å². The minimum Gasteiger partial charge on any atom is -0.493 e. The summed E-state index contributed by atoms with van der Waals surface area (Å²) in [5.74, 6) is 1.57. The molecule has 1 aromatic rings. The van der Waals surface area contributed by atoms with Crippen LogP contribution in [0.1, 0.15) is 19.5 Å². The van der Waals surface area contributed by atoms with Crippen LogP contribution < -0.4 is 10.1 Å². The molecule has 1 N–H and O–H groups in total. The molecule has 0 spiro atoms. The lowest BCUT2D eigenvalue weighted by atomic mass is 10.2. The lowest BCUT2D eigenvalue weighted by Gasteiger charge is -2.08. The van der Waals surface area contributed by atoms with Crippen molar-refractivity contribution < 1.29 is 4.74 Å². The van der Waals surface area contributed by atoms with Gasteiger partial charge in [-0.1, -0.05) is 13.8 Å². The molecule has 0 aliphatic heterocycles. The highest BCUT2D eigenvalue weighted by Crippen LogP contribution is 2.16. The van der Waals surface area contributed by atoms with E-state index in [1.807, 2.05) is 11.7 Å². The van der Waals surface area contributed by atoms with Gasteiger partial charge >= 0.3 is 0 Å². The van der Waals surface area contributed by atoms with Crippen molar-refractivity contribution in [2.75, 3.05) is 20.2 Å². The SMILES string of the molecule is COc1cnn(C)c1CCNCC(C)C. The topological polar surface area (TPSA) is 39.1 Å². The van der Waals surface area contributed by atoms with Crippen molar-refractivity contribution >= 4 is 0 Å². The molecular formula is C11H21N3O. The molecule has 0 fully saturated rings. The molecule has 0 amide bonds. The number of nitrogens with one attached hydrogen (secondary N) is 1. The van der Waals surface area contributed by atoms with Gasteiger partial charge in [0.25, 0.3) is 0 Å². The van der Waals surface area contributed by atoms with Crippen molar-refractivity contribution in [1.82, 2.24) is 15.1 Å². The third-order valence-corrected chi connectivity index (χ3v) is 2.33. The number of aromatic nitrogens is 2. The average Bonchev–Trinajstić information content (AvgIpc) is 2.54. The number of aryl methyl sites for hydroxylation is 1. The number of rotatable bonds is 6. The van der Waals surface area contributed by atoms with Crippen LogP contribution in [0.25, 0.3) is 0 Å². The Kier molecular flexibility index (Phi) is 4.62. The highest BCUT2D eigenvalue weighted by molar-refractivity contribution is 5.25. The molecule has 0 atom stereocenters. The Morgan fingerprint density at radius 2 is 2.27 bits per heavy atom. The van der Waals surface area contributed by atoms with Crippen molar-refractivity contribution in [2.45, 2.75) is 20.3 Å². The van der Waals surface area contributed by atoms with Gasteiger partial charge in [-0.15, -0.1) is 0 Å². The largest absolute Gasteiger partial charge is 0.493 e. The van der Waals surface area contributed by atoms with Crippen LogP contribution in [-0.2, 0) is 13.5 Å². The smallest absolute Gasteiger partial charge is 0.159 e. The molecule has 86 valence electrons. The van der Waals surface area contributed by atoms with Gasteiger partial charge in [-0.25, -0.2) is 0 Å². The van der Waals surface area contributed by atoms with Gasteiger partial charge in [0.1, 0.15) is 0 Å². The number of methoxy groups -OCH3 is 1. The first-order chi connectivity index (χ1) is 7.15. The molecule has 0 aliphatic carbocycles. The predicted octanol–water partition coefficient (Wildman–Crippen LogP) is 1.22. The third-order valence-electron chi connectivity index (χ3n) is 2.33. The van der Waals surface area contributed by atoms with Gasteiger partial charge in [-0.2, -0.15) is 5.10 Å². The molecule has 0 aromatic carbocycles. The first-order valence-corrected chi connectivity index (χ1v) is 5.40. The molecule has 0 unspecified atom stereocenters. The fourth-order valence-electron chi connectivity index (χ4n) is 1.50. The molecule has 0 saturated carbocycles. The van der Waals surface area contributed by atoms with Gasteiger partial charge in [0.15, 0.2) is 5.75 Å². The summed E-state index contributed by atoms with van der Waals surface area (Å²) in [6, 6.07) is 0. The van der Waals surface area contributed by atoms with Gasteiger partial charge in [0.05, 0.1) is 19.0 Å². The summed E-state index contributed by atoms with van der Waals surface area (Å²) < 4.78 is 7.10. The number of hydrogen-bond donors (Lipinski definition) is 1. The predicted molar refractivity (Wildman–Crippen MR) is 61.2 cm³/mol. The maximum atomic E-state index is 5.23. The van der Waals surface area contributed by atoms with E-state index < -0.39 is 0 Å². The van der Waals surface area contributed by atoms with E-state index in [-0.39, 0.29) is 0 Å². The van der Waals surface area contributed by atoms with E-state index in [0.717, 1.165) is 31.0 Å². The Bertz CT molecular complexity index is 294. The van der Waals surface area contributed by atoms with E-state index in [1.165, 1.54) is 0 Å². The Morgan fingerprint density at radius 3 is 2.87 bits per heavy atom. The van der Waals surface area contributed by atoms with Crippen LogP contribution in [0.15, 0.2) is 6.20 Å². The van der Waals surface area contributed by atoms with E-state index in [2.05, 4.69) is 24.3 Å². The van der Waals surface area contributed by atoms with Gasteiger partial charge in [-0.05, 0) is 12.5 Å². The molecule has 1 aromatic heterocycles. The fraction of sp³-hybridized carbons (Fsp3) is 0.727. The van der Waals surface area contributed by atoms with Gasteiger partial charge < -0.3 is 10.1 Å². The van der Waals surface area contributed by atoms with Crippen LogP contribution in [0.3, 0.4) is 0 Å². The molecule has 15 heavy (non-hydrogen) atoms. The van der Waals surface area contributed by atoms with E-state index in [0.29, 0.717) is 5.92 Å². The zero-order valence-corrected chi connectivity index (χ0v) is 10.1. The zero-order valence-electron chi connectivity index (χ0n) is 10.1. The highest BCUT2D eigenvalue weighted by atomic mass is 16.5. The van der Waals surface area contributed by atoms with Gasteiger partial charge in [0.2, 0.25) is 0 Å². The maximum Gasteiger partial charge on any atom is 0.159 e. The summed E-state index contributed by atoms with van der Waals surface area (Å²) in [6.45, 7) is 6.43. The summed E-state index contributed by atoms with van der Waals surface area (Å²) in [4.78, 5) is 0. The summed E-state index contributed by atoms with van der Waals surface area (Å²) in [5.41, 5.74) is 1.15. The summed E-state index contributed by atoms with van der Waals surface area (Å²) in [6.07, 6.45) is 2.71. The minimum atomic E-state index is 0.693. The van der Waals surface area contributed by atoms with Crippen LogP contribution in [0.5, 0.6) is 5.75 Å². The highest BCUT2D eigenvalue weighted by Gasteiger charge is 2.07. The molecule has 0 radical (unpaired) electrons. The second-order valence-corrected chi connectivity index (χ2v) is 4.13. The number of nitrogens with zero attached hydrogens (tertiary/aromatic N) is 2. The molecule has 0 bridgehead atoms. The molecule has 1 rings (SSSR count). The summed E-state index contributed by atoms with van der Waals surface area (Å²) >= 11 is 0. The Morgan fingerprint density at radius 1 is 1.53 bits per heavy atom. The second kappa shape index (κ2) is 5.75. The molecule has 1 heterocycles. The Hall–Kier alpha value is -1.03. The van der Waals surface area contributed by atoms with Gasteiger partial charge in [-0.3, -0.25) is 4.68 Å². The van der Waals surface area contributed by atoms with Gasteiger partial charge in [0, 0.05) is 20.0 Å². The summed E-state index contributed by atoms with van der Waals surface area (Å²) in [7, 11) is 3.63. The Labute approximate surface area is 91.6 Å². The molecular weight excluding hydrogens is 190 g/mol. The Balaban J connectivity index is 2.39. The van der Waals surface area contributed by atoms with Crippen LogP contribution in [-0.4, -0.2) is 30.0 Å². The van der Waals surface area contributed by atoms with Crippen LogP contribution in [0.4, 0.5) is 0 Å². The number of hydrogen-bond acceptors (Lipinski definition) is 3. The standard InChI is InChI=1S/C11H21N3O/c1-9(2)7-12-6-5-10-11(15-4)8-13-14(10)3/h8-9,12H,5-7H2,1-4H3. The molecule has 4 heteroatoms. The first-order valence-electron chi connectivity index (χ1n) is 5.40. The van der Waals surface area contributed by atoms with Crippen molar-refractivity contribution in [3.8, 4) is 5.75 Å². The zero-order chi connectivity index (χ0) is 11.3. The normalized spacial score (nSPS) is 11.0. The van der Waals surface area contributed by atoms with Crippen LogP contribution >= 0.6 is 0 Å². The minimum absolute atomic E-state index is 0.693. The van der Waals surface area contributed by atoms with E-state index in [9.17, 15) is 0 Å². The number of ether oxygens (including phenoxy) is 1.